The molecular weight excluding hydrogens is 292 g/mol. The molecule has 0 aliphatic heterocycles. The molecule has 0 aliphatic carbocycles. The van der Waals surface area contributed by atoms with Crippen molar-refractivity contribution < 1.29 is 19.1 Å². The maximum Gasteiger partial charge on any atom is 0.342 e. The van der Waals surface area contributed by atoms with Crippen molar-refractivity contribution in [2.75, 3.05) is 6.61 Å². The van der Waals surface area contributed by atoms with Crippen molar-refractivity contribution in [2.24, 2.45) is 0 Å². The van der Waals surface area contributed by atoms with E-state index in [1.165, 1.54) is 0 Å². The lowest BCUT2D eigenvalue weighted by atomic mass is 9.82. The Morgan fingerprint density at radius 1 is 1.22 bits per heavy atom. The van der Waals surface area contributed by atoms with Crippen molar-refractivity contribution in [2.45, 2.75) is 45.1 Å². The van der Waals surface area contributed by atoms with Gasteiger partial charge in [-0.2, -0.15) is 0 Å². The van der Waals surface area contributed by atoms with E-state index in [1.807, 2.05) is 51.1 Å². The van der Waals surface area contributed by atoms with Crippen LogP contribution in [0.2, 0.25) is 0 Å². The SMILES string of the molecule is CCCCOC(=O)[C@H](O)c1ccc(C(C)(C)c2ccccc2)o1. The highest BCUT2D eigenvalue weighted by molar-refractivity contribution is 5.75. The summed E-state index contributed by atoms with van der Waals surface area (Å²) in [6.45, 7) is 6.40. The molecule has 0 unspecified atom stereocenters. The van der Waals surface area contributed by atoms with Crippen LogP contribution in [-0.2, 0) is 14.9 Å². The van der Waals surface area contributed by atoms with Crippen molar-refractivity contribution in [3.05, 3.63) is 59.5 Å². The molecule has 1 aromatic carbocycles. The highest BCUT2D eigenvalue weighted by Gasteiger charge is 2.29. The fraction of sp³-hybridized carbons (Fsp3) is 0.421. The van der Waals surface area contributed by atoms with Gasteiger partial charge >= 0.3 is 5.97 Å². The molecule has 1 aromatic heterocycles. The minimum atomic E-state index is -1.38. The van der Waals surface area contributed by atoms with E-state index in [1.54, 1.807) is 12.1 Å². The zero-order chi connectivity index (χ0) is 16.9. The second kappa shape index (κ2) is 7.47. The van der Waals surface area contributed by atoms with Crippen LogP contribution in [0.4, 0.5) is 0 Å². The van der Waals surface area contributed by atoms with E-state index in [0.29, 0.717) is 12.4 Å². The number of unbranched alkanes of at least 4 members (excludes halogenated alkanes) is 1. The van der Waals surface area contributed by atoms with Gasteiger partial charge in [-0.05, 0) is 38.0 Å². The molecule has 124 valence electrons. The molecule has 1 atom stereocenters. The Hall–Kier alpha value is -2.07. The molecule has 23 heavy (non-hydrogen) atoms. The van der Waals surface area contributed by atoms with Crippen LogP contribution in [0.1, 0.15) is 56.8 Å². The second-order valence-corrected chi connectivity index (χ2v) is 6.12. The summed E-state index contributed by atoms with van der Waals surface area (Å²) in [5.41, 5.74) is 0.742. The van der Waals surface area contributed by atoms with E-state index in [0.717, 1.165) is 18.4 Å². The lowest BCUT2D eigenvalue weighted by molar-refractivity contribution is -0.155. The Bertz CT molecular complexity index is 628. The lowest BCUT2D eigenvalue weighted by Crippen LogP contribution is -2.18. The molecule has 2 rings (SSSR count). The lowest BCUT2D eigenvalue weighted by Gasteiger charge is -2.22. The molecule has 0 bridgehead atoms. The predicted octanol–water partition coefficient (Wildman–Crippen LogP) is 3.98. The molecule has 1 N–H and O–H groups in total. The molecule has 0 amide bonds. The zero-order valence-corrected chi connectivity index (χ0v) is 13.9. The van der Waals surface area contributed by atoms with Gasteiger partial charge in [0.2, 0.25) is 6.10 Å². The third kappa shape index (κ3) is 4.02. The molecule has 0 radical (unpaired) electrons. The van der Waals surface area contributed by atoms with Gasteiger partial charge in [-0.25, -0.2) is 4.79 Å². The van der Waals surface area contributed by atoms with Crippen LogP contribution in [0.5, 0.6) is 0 Å². The van der Waals surface area contributed by atoms with Crippen molar-refractivity contribution in [3.63, 3.8) is 0 Å². The number of hydrogen-bond acceptors (Lipinski definition) is 4. The summed E-state index contributed by atoms with van der Waals surface area (Å²) in [4.78, 5) is 11.8. The summed E-state index contributed by atoms with van der Waals surface area (Å²) >= 11 is 0. The first-order valence-electron chi connectivity index (χ1n) is 7.97. The van der Waals surface area contributed by atoms with Gasteiger partial charge in [0.25, 0.3) is 0 Å². The summed E-state index contributed by atoms with van der Waals surface area (Å²) in [5.74, 6) is 0.237. The Kier molecular flexibility index (Phi) is 5.61. The zero-order valence-electron chi connectivity index (χ0n) is 13.9. The second-order valence-electron chi connectivity index (χ2n) is 6.12. The number of aliphatic hydroxyl groups excluding tert-OH is 1. The monoisotopic (exact) mass is 316 g/mol. The van der Waals surface area contributed by atoms with E-state index in [9.17, 15) is 9.90 Å². The number of hydrogen-bond donors (Lipinski definition) is 1. The maximum atomic E-state index is 11.8. The van der Waals surface area contributed by atoms with Gasteiger partial charge < -0.3 is 14.3 Å². The van der Waals surface area contributed by atoms with E-state index in [-0.39, 0.29) is 11.2 Å². The molecule has 2 aromatic rings. The van der Waals surface area contributed by atoms with Crippen LogP contribution >= 0.6 is 0 Å². The standard InChI is InChI=1S/C19H24O4/c1-4-5-13-22-18(21)17(20)15-11-12-16(23-15)19(2,3)14-9-7-6-8-10-14/h6-12,17,20H,4-5,13H2,1-3H3/t17-/m1/s1. The molecule has 0 aliphatic rings. The number of aliphatic hydroxyl groups is 1. The molecule has 0 fully saturated rings. The quantitative estimate of drug-likeness (QED) is 0.620. The van der Waals surface area contributed by atoms with Gasteiger partial charge in [0.05, 0.1) is 6.61 Å². The Morgan fingerprint density at radius 3 is 2.57 bits per heavy atom. The van der Waals surface area contributed by atoms with Crippen LogP contribution in [0.25, 0.3) is 0 Å². The summed E-state index contributed by atoms with van der Waals surface area (Å²) in [7, 11) is 0. The van der Waals surface area contributed by atoms with E-state index < -0.39 is 12.1 Å². The molecular formula is C19H24O4. The number of ether oxygens (including phenoxy) is 1. The fourth-order valence-electron chi connectivity index (χ4n) is 2.34. The average molecular weight is 316 g/mol. The molecule has 0 spiro atoms. The molecule has 4 nitrogen and oxygen atoms in total. The smallest absolute Gasteiger partial charge is 0.342 e. The van der Waals surface area contributed by atoms with Gasteiger partial charge in [-0.1, -0.05) is 43.7 Å². The van der Waals surface area contributed by atoms with Gasteiger partial charge in [-0.3, -0.25) is 0 Å². The van der Waals surface area contributed by atoms with Crippen LogP contribution < -0.4 is 0 Å². The largest absolute Gasteiger partial charge is 0.463 e. The third-order valence-electron chi connectivity index (χ3n) is 3.97. The number of furan rings is 1. The normalized spacial score (nSPS) is 12.9. The first-order chi connectivity index (χ1) is 11.0. The Balaban J connectivity index is 2.12. The highest BCUT2D eigenvalue weighted by atomic mass is 16.5. The predicted molar refractivity (Wildman–Crippen MR) is 88.1 cm³/mol. The summed E-state index contributed by atoms with van der Waals surface area (Å²) in [6, 6.07) is 13.4. The number of carbonyl (C=O) groups excluding carboxylic acids is 1. The maximum absolute atomic E-state index is 11.8. The fourth-order valence-corrected chi connectivity index (χ4v) is 2.34. The van der Waals surface area contributed by atoms with E-state index in [4.69, 9.17) is 9.15 Å². The van der Waals surface area contributed by atoms with Crippen LogP contribution in [0, 0.1) is 0 Å². The minimum Gasteiger partial charge on any atom is -0.463 e. The molecule has 4 heteroatoms. The number of rotatable bonds is 7. The Morgan fingerprint density at radius 2 is 1.91 bits per heavy atom. The van der Waals surface area contributed by atoms with Crippen molar-refractivity contribution >= 4 is 5.97 Å². The number of carbonyl (C=O) groups is 1. The molecule has 1 heterocycles. The van der Waals surface area contributed by atoms with E-state index in [2.05, 4.69) is 0 Å². The summed E-state index contributed by atoms with van der Waals surface area (Å²) < 4.78 is 10.8. The summed E-state index contributed by atoms with van der Waals surface area (Å²) in [6.07, 6.45) is 0.329. The van der Waals surface area contributed by atoms with Crippen LogP contribution in [0.3, 0.4) is 0 Å². The van der Waals surface area contributed by atoms with Crippen molar-refractivity contribution in [3.8, 4) is 0 Å². The Labute approximate surface area is 137 Å². The van der Waals surface area contributed by atoms with Crippen LogP contribution in [-0.4, -0.2) is 17.7 Å². The van der Waals surface area contributed by atoms with Gasteiger partial charge in [0.1, 0.15) is 11.5 Å². The first-order valence-corrected chi connectivity index (χ1v) is 7.97. The molecule has 0 saturated carbocycles. The average Bonchev–Trinajstić information content (AvgIpc) is 3.06. The number of benzene rings is 1. The molecule has 0 saturated heterocycles. The van der Waals surface area contributed by atoms with E-state index >= 15 is 0 Å². The van der Waals surface area contributed by atoms with Gasteiger partial charge in [0, 0.05) is 5.41 Å². The first kappa shape index (κ1) is 17.3. The minimum absolute atomic E-state index is 0.213. The van der Waals surface area contributed by atoms with Gasteiger partial charge in [0.15, 0.2) is 0 Å². The van der Waals surface area contributed by atoms with Crippen LogP contribution in [0.15, 0.2) is 46.9 Å². The van der Waals surface area contributed by atoms with Crippen molar-refractivity contribution in [1.82, 2.24) is 0 Å². The third-order valence-corrected chi connectivity index (χ3v) is 3.97. The summed E-state index contributed by atoms with van der Waals surface area (Å²) in [5, 5.41) is 10.1. The van der Waals surface area contributed by atoms with Crippen molar-refractivity contribution in [1.29, 1.82) is 0 Å². The number of esters is 1. The topological polar surface area (TPSA) is 59.7 Å². The van der Waals surface area contributed by atoms with Gasteiger partial charge in [-0.15, -0.1) is 0 Å². The highest BCUT2D eigenvalue weighted by Crippen LogP contribution is 2.33.